The molecule has 1 saturated heterocycles. The van der Waals surface area contributed by atoms with E-state index in [1.807, 2.05) is 10.6 Å². The Morgan fingerprint density at radius 1 is 0.971 bits per heavy atom. The highest BCUT2D eigenvalue weighted by Crippen LogP contribution is 2.18. The molecule has 1 amide bonds. The summed E-state index contributed by atoms with van der Waals surface area (Å²) in [5.41, 5.74) is 2.47. The lowest BCUT2D eigenvalue weighted by atomic mass is 10.1. The van der Waals surface area contributed by atoms with Gasteiger partial charge in [-0.3, -0.25) is 19.1 Å². The van der Waals surface area contributed by atoms with Crippen LogP contribution in [0.15, 0.2) is 53.3 Å². The van der Waals surface area contributed by atoms with Gasteiger partial charge in [0.1, 0.15) is 5.82 Å². The van der Waals surface area contributed by atoms with E-state index in [-0.39, 0.29) is 17.5 Å². The zero-order chi connectivity index (χ0) is 24.2. The summed E-state index contributed by atoms with van der Waals surface area (Å²) in [5.74, 6) is 0.735. The highest BCUT2D eigenvalue weighted by Gasteiger charge is 2.22. The third-order valence-corrected chi connectivity index (χ3v) is 7.45. The third kappa shape index (κ3) is 5.25. The van der Waals surface area contributed by atoms with Crippen LogP contribution in [0, 0.1) is 0 Å². The molecule has 2 aromatic carbocycles. The van der Waals surface area contributed by atoms with Crippen LogP contribution >= 0.6 is 0 Å². The molecule has 1 atom stereocenters. The molecule has 35 heavy (non-hydrogen) atoms. The van der Waals surface area contributed by atoms with Crippen LogP contribution in [0.5, 0.6) is 0 Å². The van der Waals surface area contributed by atoms with Gasteiger partial charge in [-0.1, -0.05) is 31.0 Å². The van der Waals surface area contributed by atoms with Gasteiger partial charge >= 0.3 is 0 Å². The van der Waals surface area contributed by atoms with Crippen LogP contribution in [0.3, 0.4) is 0 Å². The SMILES string of the molecule is CC(CNC(=O)c1ccc2c(=O)n3c(nc2c1)CCCCCC3)N1CCN(c2ccccc2)CC1. The van der Waals surface area contributed by atoms with Crippen LogP contribution in [0.25, 0.3) is 10.9 Å². The van der Waals surface area contributed by atoms with Gasteiger partial charge in [0.15, 0.2) is 0 Å². The largest absolute Gasteiger partial charge is 0.369 e. The second kappa shape index (κ2) is 10.6. The van der Waals surface area contributed by atoms with Crippen molar-refractivity contribution < 1.29 is 4.79 Å². The summed E-state index contributed by atoms with van der Waals surface area (Å²) in [4.78, 5) is 35.6. The Kier molecular flexibility index (Phi) is 7.13. The Morgan fingerprint density at radius 3 is 2.54 bits per heavy atom. The summed E-state index contributed by atoms with van der Waals surface area (Å²) in [6.45, 7) is 7.40. The molecule has 7 heteroatoms. The number of piperazine rings is 1. The maximum absolute atomic E-state index is 13.0. The summed E-state index contributed by atoms with van der Waals surface area (Å²) in [7, 11) is 0. The molecule has 2 aliphatic heterocycles. The number of amides is 1. The van der Waals surface area contributed by atoms with E-state index in [2.05, 4.69) is 46.3 Å². The van der Waals surface area contributed by atoms with Crippen LogP contribution in [-0.4, -0.2) is 59.1 Å². The topological polar surface area (TPSA) is 70.5 Å². The molecule has 0 spiro atoms. The average molecular weight is 474 g/mol. The van der Waals surface area contributed by atoms with E-state index in [1.165, 1.54) is 12.1 Å². The zero-order valence-corrected chi connectivity index (χ0v) is 20.6. The lowest BCUT2D eigenvalue weighted by Crippen LogP contribution is -2.52. The van der Waals surface area contributed by atoms with E-state index in [0.717, 1.165) is 64.2 Å². The number of hydrogen-bond acceptors (Lipinski definition) is 5. The highest BCUT2D eigenvalue weighted by atomic mass is 16.1. The van der Waals surface area contributed by atoms with Gasteiger partial charge in [0.2, 0.25) is 0 Å². The molecule has 1 aromatic heterocycles. The number of carbonyl (C=O) groups excluding carboxylic acids is 1. The van der Waals surface area contributed by atoms with Crippen molar-refractivity contribution in [3.8, 4) is 0 Å². The maximum atomic E-state index is 13.0. The molecule has 3 heterocycles. The number of anilines is 1. The smallest absolute Gasteiger partial charge is 0.261 e. The Bertz CT molecular complexity index is 1230. The molecular formula is C28H35N5O2. The Morgan fingerprint density at radius 2 is 1.74 bits per heavy atom. The van der Waals surface area contributed by atoms with Crippen LogP contribution in [-0.2, 0) is 13.0 Å². The van der Waals surface area contributed by atoms with Gasteiger partial charge in [-0.05, 0) is 50.1 Å². The minimum atomic E-state index is -0.115. The van der Waals surface area contributed by atoms with Crippen LogP contribution in [0.1, 0.15) is 48.8 Å². The number of aryl methyl sites for hydroxylation is 1. The third-order valence-electron chi connectivity index (χ3n) is 7.45. The van der Waals surface area contributed by atoms with Crippen LogP contribution < -0.4 is 15.8 Å². The van der Waals surface area contributed by atoms with E-state index in [9.17, 15) is 9.59 Å². The minimum absolute atomic E-state index is 0.0159. The molecule has 184 valence electrons. The number of fused-ring (bicyclic) bond motifs is 2. The van der Waals surface area contributed by atoms with Gasteiger partial charge in [0.05, 0.1) is 10.9 Å². The first-order chi connectivity index (χ1) is 17.1. The van der Waals surface area contributed by atoms with E-state index >= 15 is 0 Å². The second-order valence-corrected chi connectivity index (χ2v) is 9.80. The van der Waals surface area contributed by atoms with Crippen LogP contribution in [0.2, 0.25) is 0 Å². The van der Waals surface area contributed by atoms with E-state index < -0.39 is 0 Å². The molecule has 1 N–H and O–H groups in total. The summed E-state index contributed by atoms with van der Waals surface area (Å²) in [6, 6.07) is 16.1. The quantitative estimate of drug-likeness (QED) is 0.615. The molecular weight excluding hydrogens is 438 g/mol. The Labute approximate surface area is 206 Å². The van der Waals surface area contributed by atoms with Gasteiger partial charge in [-0.2, -0.15) is 0 Å². The summed E-state index contributed by atoms with van der Waals surface area (Å²) in [6.07, 6.45) is 5.21. The van der Waals surface area contributed by atoms with Crippen molar-refractivity contribution in [2.75, 3.05) is 37.6 Å². The minimum Gasteiger partial charge on any atom is -0.369 e. The average Bonchev–Trinajstić information content (AvgIpc) is 2.88. The standard InChI is InChI=1S/C28H35N5O2/c1-21(31-15-17-32(18-16-31)23-9-5-4-6-10-23)20-29-27(34)22-12-13-24-25(19-22)30-26-11-7-2-3-8-14-33(26)28(24)35/h4-6,9-10,12-13,19,21H,2-3,7-8,11,14-18,20H2,1H3,(H,29,34). The predicted molar refractivity (Wildman–Crippen MR) is 140 cm³/mol. The highest BCUT2D eigenvalue weighted by molar-refractivity contribution is 5.97. The van der Waals surface area contributed by atoms with Crippen molar-refractivity contribution in [3.63, 3.8) is 0 Å². The van der Waals surface area contributed by atoms with Crippen molar-refractivity contribution in [3.05, 3.63) is 70.3 Å². The Hall–Kier alpha value is -3.19. The number of aromatic nitrogens is 2. The van der Waals surface area contributed by atoms with Crippen molar-refractivity contribution in [2.45, 2.75) is 51.6 Å². The lowest BCUT2D eigenvalue weighted by Gasteiger charge is -2.39. The number of hydrogen-bond donors (Lipinski definition) is 1. The number of nitrogens with one attached hydrogen (secondary N) is 1. The van der Waals surface area contributed by atoms with Gasteiger partial charge in [-0.25, -0.2) is 4.98 Å². The molecule has 5 rings (SSSR count). The van der Waals surface area contributed by atoms with E-state index in [0.29, 0.717) is 23.0 Å². The number of nitrogens with zero attached hydrogens (tertiary/aromatic N) is 4. The fourth-order valence-electron chi connectivity index (χ4n) is 5.27. The summed E-state index contributed by atoms with van der Waals surface area (Å²) < 4.78 is 1.83. The predicted octanol–water partition coefficient (Wildman–Crippen LogP) is 3.45. The molecule has 1 unspecified atom stereocenters. The Balaban J connectivity index is 1.21. The van der Waals surface area contributed by atoms with Crippen LogP contribution in [0.4, 0.5) is 5.69 Å². The fraction of sp³-hybridized carbons (Fsp3) is 0.464. The van der Waals surface area contributed by atoms with Crippen molar-refractivity contribution in [1.82, 2.24) is 19.8 Å². The normalized spacial score (nSPS) is 17.9. The number of rotatable bonds is 5. The molecule has 7 nitrogen and oxygen atoms in total. The van der Waals surface area contributed by atoms with Crippen molar-refractivity contribution in [1.29, 1.82) is 0 Å². The first-order valence-corrected chi connectivity index (χ1v) is 13.0. The van der Waals surface area contributed by atoms with Gasteiger partial charge in [0, 0.05) is 63.0 Å². The molecule has 3 aromatic rings. The first kappa shape index (κ1) is 23.5. The van der Waals surface area contributed by atoms with Gasteiger partial charge < -0.3 is 10.2 Å². The van der Waals surface area contributed by atoms with E-state index in [4.69, 9.17) is 4.98 Å². The first-order valence-electron chi connectivity index (χ1n) is 13.0. The van der Waals surface area contributed by atoms with E-state index in [1.54, 1.807) is 18.2 Å². The van der Waals surface area contributed by atoms with Crippen molar-refractivity contribution in [2.24, 2.45) is 0 Å². The molecule has 0 radical (unpaired) electrons. The summed E-state index contributed by atoms with van der Waals surface area (Å²) >= 11 is 0. The molecule has 0 saturated carbocycles. The van der Waals surface area contributed by atoms with Gasteiger partial charge in [0.25, 0.3) is 11.5 Å². The van der Waals surface area contributed by atoms with Crippen molar-refractivity contribution >= 4 is 22.5 Å². The molecule has 0 bridgehead atoms. The molecule has 0 aliphatic carbocycles. The second-order valence-electron chi connectivity index (χ2n) is 9.80. The fourth-order valence-corrected chi connectivity index (χ4v) is 5.27. The molecule has 2 aliphatic rings. The molecule has 1 fully saturated rings. The number of benzene rings is 2. The number of para-hydroxylation sites is 1. The number of carbonyl (C=O) groups is 1. The monoisotopic (exact) mass is 473 g/mol. The lowest BCUT2D eigenvalue weighted by molar-refractivity contribution is 0.0934. The summed E-state index contributed by atoms with van der Waals surface area (Å²) in [5, 5.41) is 3.69. The zero-order valence-electron chi connectivity index (χ0n) is 20.6. The van der Waals surface area contributed by atoms with Gasteiger partial charge in [-0.15, -0.1) is 0 Å². The maximum Gasteiger partial charge on any atom is 0.261 e.